The quantitative estimate of drug-likeness (QED) is 0.858. The van der Waals surface area contributed by atoms with E-state index in [-0.39, 0.29) is 6.04 Å². The van der Waals surface area contributed by atoms with Gasteiger partial charge in [0, 0.05) is 11.6 Å². The Morgan fingerprint density at radius 3 is 2.39 bits per heavy atom. The van der Waals surface area contributed by atoms with E-state index < -0.39 is 11.9 Å². The van der Waals surface area contributed by atoms with Crippen LogP contribution >= 0.6 is 0 Å². The number of carbonyl (C=O) groups is 2. The van der Waals surface area contributed by atoms with Gasteiger partial charge in [-0.1, -0.05) is 6.92 Å². The van der Waals surface area contributed by atoms with Crippen molar-refractivity contribution in [3.8, 4) is 5.75 Å². The molecule has 0 aromatic heterocycles. The molecule has 1 aromatic rings. The van der Waals surface area contributed by atoms with E-state index >= 15 is 0 Å². The first-order valence-corrected chi connectivity index (χ1v) is 5.82. The Morgan fingerprint density at radius 2 is 1.89 bits per heavy atom. The lowest BCUT2D eigenvalue weighted by molar-refractivity contribution is 0.0963. The SMILES string of the molecule is CCC(C)NC(=O)NC(=O)c1ccc(OC)cc1. The number of carbonyl (C=O) groups excluding carboxylic acids is 2. The number of rotatable bonds is 4. The van der Waals surface area contributed by atoms with Gasteiger partial charge in [0.25, 0.3) is 5.91 Å². The van der Waals surface area contributed by atoms with Gasteiger partial charge in [0.1, 0.15) is 5.75 Å². The third-order valence-corrected chi connectivity index (χ3v) is 2.57. The van der Waals surface area contributed by atoms with Crippen molar-refractivity contribution >= 4 is 11.9 Å². The molecule has 0 aliphatic heterocycles. The number of amides is 3. The molecule has 0 spiro atoms. The minimum atomic E-state index is -0.481. The molecular formula is C13H18N2O3. The number of hydrogen-bond donors (Lipinski definition) is 2. The highest BCUT2D eigenvalue weighted by atomic mass is 16.5. The summed E-state index contributed by atoms with van der Waals surface area (Å²) in [6.07, 6.45) is 0.810. The monoisotopic (exact) mass is 250 g/mol. The number of methoxy groups -OCH3 is 1. The molecule has 2 N–H and O–H groups in total. The van der Waals surface area contributed by atoms with E-state index in [0.717, 1.165) is 6.42 Å². The maximum Gasteiger partial charge on any atom is 0.321 e. The second kappa shape index (κ2) is 6.64. The van der Waals surface area contributed by atoms with E-state index in [4.69, 9.17) is 4.74 Å². The molecule has 0 radical (unpaired) electrons. The average Bonchev–Trinajstić information content (AvgIpc) is 2.38. The highest BCUT2D eigenvalue weighted by Gasteiger charge is 2.11. The largest absolute Gasteiger partial charge is 0.497 e. The highest BCUT2D eigenvalue weighted by Crippen LogP contribution is 2.10. The van der Waals surface area contributed by atoms with E-state index in [1.807, 2.05) is 13.8 Å². The number of hydrogen-bond acceptors (Lipinski definition) is 3. The Morgan fingerprint density at radius 1 is 1.28 bits per heavy atom. The minimum absolute atomic E-state index is 0.0358. The number of ether oxygens (including phenoxy) is 1. The predicted molar refractivity (Wildman–Crippen MR) is 68.7 cm³/mol. The first kappa shape index (κ1) is 14.0. The molecule has 0 aliphatic carbocycles. The van der Waals surface area contributed by atoms with Crippen molar-refractivity contribution in [1.29, 1.82) is 0 Å². The summed E-state index contributed by atoms with van der Waals surface area (Å²) in [4.78, 5) is 23.2. The van der Waals surface area contributed by atoms with Gasteiger partial charge in [0.15, 0.2) is 0 Å². The van der Waals surface area contributed by atoms with Gasteiger partial charge in [-0.15, -0.1) is 0 Å². The summed E-state index contributed by atoms with van der Waals surface area (Å²) in [5, 5.41) is 4.93. The van der Waals surface area contributed by atoms with Crippen LogP contribution < -0.4 is 15.4 Å². The molecule has 0 heterocycles. The fraction of sp³-hybridized carbons (Fsp3) is 0.385. The molecule has 5 heteroatoms. The van der Waals surface area contributed by atoms with Crippen molar-refractivity contribution in [2.75, 3.05) is 7.11 Å². The van der Waals surface area contributed by atoms with Crippen LogP contribution in [0.3, 0.4) is 0 Å². The summed E-state index contributed by atoms with van der Waals surface area (Å²) >= 11 is 0. The molecule has 0 saturated carbocycles. The molecule has 0 aliphatic rings. The van der Waals surface area contributed by atoms with Gasteiger partial charge in [-0.05, 0) is 37.6 Å². The fourth-order valence-corrected chi connectivity index (χ4v) is 1.28. The molecule has 3 amide bonds. The summed E-state index contributed by atoms with van der Waals surface area (Å²) in [5.74, 6) is 0.231. The van der Waals surface area contributed by atoms with E-state index in [1.54, 1.807) is 31.4 Å². The number of nitrogens with one attached hydrogen (secondary N) is 2. The van der Waals surface area contributed by atoms with Crippen LogP contribution in [0.1, 0.15) is 30.6 Å². The summed E-state index contributed by atoms with van der Waals surface area (Å²) in [6, 6.07) is 6.09. The summed E-state index contributed by atoms with van der Waals surface area (Å²) in [6.45, 7) is 3.83. The summed E-state index contributed by atoms with van der Waals surface area (Å²) in [5.41, 5.74) is 0.412. The van der Waals surface area contributed by atoms with Crippen LogP contribution in [-0.2, 0) is 0 Å². The van der Waals surface area contributed by atoms with Crippen molar-refractivity contribution < 1.29 is 14.3 Å². The third kappa shape index (κ3) is 4.08. The standard InChI is InChI=1S/C13H18N2O3/c1-4-9(2)14-13(17)15-12(16)10-5-7-11(18-3)8-6-10/h5-9H,4H2,1-3H3,(H2,14,15,16,17). The van der Waals surface area contributed by atoms with Crippen molar-refractivity contribution in [3.05, 3.63) is 29.8 Å². The maximum atomic E-state index is 11.7. The van der Waals surface area contributed by atoms with Crippen LogP contribution in [0.5, 0.6) is 5.75 Å². The topological polar surface area (TPSA) is 67.4 Å². The van der Waals surface area contributed by atoms with Crippen molar-refractivity contribution in [2.24, 2.45) is 0 Å². The van der Waals surface area contributed by atoms with Gasteiger partial charge >= 0.3 is 6.03 Å². The number of benzene rings is 1. The van der Waals surface area contributed by atoms with Gasteiger partial charge in [-0.2, -0.15) is 0 Å². The van der Waals surface area contributed by atoms with E-state index in [9.17, 15) is 9.59 Å². The number of imide groups is 1. The van der Waals surface area contributed by atoms with Crippen LogP contribution in [0.4, 0.5) is 4.79 Å². The molecule has 0 saturated heterocycles. The van der Waals surface area contributed by atoms with Crippen molar-refractivity contribution in [3.63, 3.8) is 0 Å². The Hall–Kier alpha value is -2.04. The molecule has 18 heavy (non-hydrogen) atoms. The summed E-state index contributed by atoms with van der Waals surface area (Å²) < 4.78 is 4.99. The first-order valence-electron chi connectivity index (χ1n) is 5.82. The predicted octanol–water partition coefficient (Wildman–Crippen LogP) is 1.93. The molecule has 0 fully saturated rings. The van der Waals surface area contributed by atoms with Crippen LogP contribution in [0.2, 0.25) is 0 Å². The lowest BCUT2D eigenvalue weighted by Gasteiger charge is -2.11. The zero-order valence-corrected chi connectivity index (χ0v) is 10.8. The smallest absolute Gasteiger partial charge is 0.321 e. The highest BCUT2D eigenvalue weighted by molar-refractivity contribution is 6.04. The molecule has 5 nitrogen and oxygen atoms in total. The van der Waals surface area contributed by atoms with Crippen LogP contribution in [0, 0.1) is 0 Å². The van der Waals surface area contributed by atoms with Gasteiger partial charge in [0.05, 0.1) is 7.11 Å². The van der Waals surface area contributed by atoms with Crippen LogP contribution in [0.15, 0.2) is 24.3 Å². The Bertz CT molecular complexity index is 415. The molecule has 1 rings (SSSR count). The third-order valence-electron chi connectivity index (χ3n) is 2.57. The Balaban J connectivity index is 2.56. The van der Waals surface area contributed by atoms with E-state index in [1.165, 1.54) is 0 Å². The maximum absolute atomic E-state index is 11.7. The molecule has 1 aromatic carbocycles. The second-order valence-corrected chi connectivity index (χ2v) is 3.97. The summed E-state index contributed by atoms with van der Waals surface area (Å²) in [7, 11) is 1.55. The Kier molecular flexibility index (Phi) is 5.17. The normalized spacial score (nSPS) is 11.5. The molecule has 1 atom stereocenters. The van der Waals surface area contributed by atoms with Gasteiger partial charge < -0.3 is 10.1 Å². The van der Waals surface area contributed by atoms with Gasteiger partial charge in [-0.3, -0.25) is 10.1 Å². The van der Waals surface area contributed by atoms with E-state index in [0.29, 0.717) is 11.3 Å². The van der Waals surface area contributed by atoms with Gasteiger partial charge in [0.2, 0.25) is 0 Å². The molecular weight excluding hydrogens is 232 g/mol. The lowest BCUT2D eigenvalue weighted by Crippen LogP contribution is -2.43. The van der Waals surface area contributed by atoms with Crippen molar-refractivity contribution in [2.45, 2.75) is 26.3 Å². The molecule has 1 unspecified atom stereocenters. The number of urea groups is 1. The fourth-order valence-electron chi connectivity index (χ4n) is 1.28. The zero-order valence-electron chi connectivity index (χ0n) is 10.8. The Labute approximate surface area is 107 Å². The van der Waals surface area contributed by atoms with Crippen molar-refractivity contribution in [1.82, 2.24) is 10.6 Å². The second-order valence-electron chi connectivity index (χ2n) is 3.97. The zero-order chi connectivity index (χ0) is 13.5. The van der Waals surface area contributed by atoms with E-state index in [2.05, 4.69) is 10.6 Å². The lowest BCUT2D eigenvalue weighted by atomic mass is 10.2. The minimum Gasteiger partial charge on any atom is -0.497 e. The first-order chi connectivity index (χ1) is 8.56. The van der Waals surface area contributed by atoms with Crippen LogP contribution in [0.25, 0.3) is 0 Å². The van der Waals surface area contributed by atoms with Crippen LogP contribution in [-0.4, -0.2) is 25.1 Å². The van der Waals surface area contributed by atoms with Gasteiger partial charge in [-0.25, -0.2) is 4.79 Å². The molecule has 0 bridgehead atoms. The average molecular weight is 250 g/mol. The molecule has 98 valence electrons.